The Labute approximate surface area is 117 Å². The minimum Gasteiger partial charge on any atom is -0.319 e. The Morgan fingerprint density at radius 2 is 2.44 bits per heavy atom. The lowest BCUT2D eigenvalue weighted by atomic mass is 10.1. The lowest BCUT2D eigenvalue weighted by molar-refractivity contribution is 0.601. The highest BCUT2D eigenvalue weighted by Gasteiger charge is 2.18. The van der Waals surface area contributed by atoms with E-state index in [0.717, 1.165) is 17.8 Å². The highest BCUT2D eigenvalue weighted by Crippen LogP contribution is 2.29. The van der Waals surface area contributed by atoms with Crippen molar-refractivity contribution in [3.05, 3.63) is 36.8 Å². The van der Waals surface area contributed by atoms with Crippen molar-refractivity contribution in [2.45, 2.75) is 19.5 Å². The lowest BCUT2D eigenvalue weighted by Crippen LogP contribution is -2.17. The van der Waals surface area contributed by atoms with E-state index in [-0.39, 0.29) is 6.04 Å². The third-order valence-corrected chi connectivity index (χ3v) is 4.47. The molecule has 0 aliphatic carbocycles. The van der Waals surface area contributed by atoms with E-state index in [4.69, 9.17) is 17.3 Å². The van der Waals surface area contributed by atoms with Crippen LogP contribution in [0.15, 0.2) is 17.6 Å². The summed E-state index contributed by atoms with van der Waals surface area (Å²) in [6.45, 7) is 2.80. The molecule has 2 aromatic heterocycles. The quantitative estimate of drug-likeness (QED) is 0.846. The van der Waals surface area contributed by atoms with Crippen LogP contribution in [0.25, 0.3) is 0 Å². The molecule has 0 bridgehead atoms. The number of nitrogens with two attached hydrogens (primary N) is 1. The van der Waals surface area contributed by atoms with Crippen molar-refractivity contribution in [1.82, 2.24) is 9.78 Å². The van der Waals surface area contributed by atoms with Crippen molar-refractivity contribution in [3.63, 3.8) is 0 Å². The molecule has 0 spiro atoms. The average molecular weight is 368 g/mol. The van der Waals surface area contributed by atoms with Gasteiger partial charge in [0.2, 0.25) is 0 Å². The fourth-order valence-electron chi connectivity index (χ4n) is 1.58. The largest absolute Gasteiger partial charge is 0.319 e. The molecule has 2 aromatic rings. The first-order chi connectivity index (χ1) is 7.63. The van der Waals surface area contributed by atoms with Crippen LogP contribution in [0.5, 0.6) is 0 Å². The maximum Gasteiger partial charge on any atom is 0.0837 e. The number of nitrogens with zero attached hydrogens (tertiary/aromatic N) is 2. The fourth-order valence-corrected chi connectivity index (χ4v) is 3.24. The Morgan fingerprint density at radius 3 is 3.00 bits per heavy atom. The van der Waals surface area contributed by atoms with Gasteiger partial charge in [-0.3, -0.25) is 4.68 Å². The van der Waals surface area contributed by atoms with Crippen LogP contribution in [0, 0.1) is 2.88 Å². The van der Waals surface area contributed by atoms with Crippen LogP contribution in [0.4, 0.5) is 0 Å². The molecule has 1 atom stereocenters. The molecule has 2 N–H and O–H groups in total. The zero-order valence-corrected chi connectivity index (χ0v) is 12.4. The number of halogens is 2. The van der Waals surface area contributed by atoms with Gasteiger partial charge >= 0.3 is 0 Å². The molecule has 2 rings (SSSR count). The van der Waals surface area contributed by atoms with Crippen molar-refractivity contribution >= 4 is 45.5 Å². The number of hydrogen-bond donors (Lipinski definition) is 1. The normalized spacial score (nSPS) is 13.0. The van der Waals surface area contributed by atoms with Crippen molar-refractivity contribution in [2.24, 2.45) is 5.73 Å². The van der Waals surface area contributed by atoms with Crippen molar-refractivity contribution < 1.29 is 0 Å². The number of thiophene rings is 1. The smallest absolute Gasteiger partial charge is 0.0837 e. The number of hydrogen-bond acceptors (Lipinski definition) is 3. The van der Waals surface area contributed by atoms with E-state index >= 15 is 0 Å². The van der Waals surface area contributed by atoms with Crippen molar-refractivity contribution in [2.75, 3.05) is 0 Å². The molecule has 86 valence electrons. The molecule has 0 radical (unpaired) electrons. The standard InChI is InChI=1S/C10H11ClIN3S/c1-2-15-10(7(11)4-14-15)9(13)6-3-8(12)16-5-6/h3-5,9H,2,13H2,1H3. The van der Waals surface area contributed by atoms with E-state index in [9.17, 15) is 0 Å². The van der Waals surface area contributed by atoms with E-state index in [1.54, 1.807) is 17.5 Å². The molecule has 0 aliphatic heterocycles. The number of aromatic nitrogens is 2. The van der Waals surface area contributed by atoms with Gasteiger partial charge in [0.25, 0.3) is 0 Å². The summed E-state index contributed by atoms with van der Waals surface area (Å²) in [5.74, 6) is 0. The summed E-state index contributed by atoms with van der Waals surface area (Å²) in [6.07, 6.45) is 1.65. The Balaban J connectivity index is 2.40. The predicted octanol–water partition coefficient (Wildman–Crippen LogP) is 3.27. The monoisotopic (exact) mass is 367 g/mol. The van der Waals surface area contributed by atoms with E-state index in [1.807, 2.05) is 11.6 Å². The molecular formula is C10H11ClIN3S. The van der Waals surface area contributed by atoms with Gasteiger partial charge in [0.15, 0.2) is 0 Å². The molecule has 0 amide bonds. The molecule has 0 saturated heterocycles. The second kappa shape index (κ2) is 5.03. The fraction of sp³-hybridized carbons (Fsp3) is 0.300. The second-order valence-electron chi connectivity index (χ2n) is 3.36. The first-order valence-corrected chi connectivity index (χ1v) is 7.17. The highest BCUT2D eigenvalue weighted by molar-refractivity contribution is 14.1. The first kappa shape index (κ1) is 12.3. The maximum absolute atomic E-state index is 6.21. The van der Waals surface area contributed by atoms with Crippen LogP contribution in [-0.4, -0.2) is 9.78 Å². The molecule has 0 aromatic carbocycles. The molecule has 3 nitrogen and oxygen atoms in total. The Morgan fingerprint density at radius 1 is 1.69 bits per heavy atom. The summed E-state index contributed by atoms with van der Waals surface area (Å²) in [6, 6.07) is 1.88. The van der Waals surface area contributed by atoms with Gasteiger partial charge in [-0.1, -0.05) is 11.6 Å². The lowest BCUT2D eigenvalue weighted by Gasteiger charge is -2.12. The molecule has 1 unspecified atom stereocenters. The van der Waals surface area contributed by atoms with Crippen LogP contribution in [-0.2, 0) is 6.54 Å². The van der Waals surface area contributed by atoms with E-state index in [0.29, 0.717) is 5.02 Å². The van der Waals surface area contributed by atoms with Gasteiger partial charge in [0.1, 0.15) is 0 Å². The van der Waals surface area contributed by atoms with Gasteiger partial charge in [-0.2, -0.15) is 5.10 Å². The molecule has 2 heterocycles. The topological polar surface area (TPSA) is 43.8 Å². The summed E-state index contributed by atoms with van der Waals surface area (Å²) in [7, 11) is 0. The molecule has 16 heavy (non-hydrogen) atoms. The van der Waals surface area contributed by atoms with Gasteiger partial charge in [-0.15, -0.1) is 11.3 Å². The average Bonchev–Trinajstić information content (AvgIpc) is 2.83. The van der Waals surface area contributed by atoms with Crippen LogP contribution in [0.3, 0.4) is 0 Å². The Bertz CT molecular complexity index is 494. The van der Waals surface area contributed by atoms with Crippen molar-refractivity contribution in [1.29, 1.82) is 0 Å². The minimum absolute atomic E-state index is 0.199. The Hall–Kier alpha value is -0.110. The van der Waals surface area contributed by atoms with Crippen LogP contribution in [0.1, 0.15) is 24.2 Å². The van der Waals surface area contributed by atoms with Gasteiger partial charge in [-0.05, 0) is 46.5 Å². The van der Waals surface area contributed by atoms with Gasteiger partial charge in [-0.25, -0.2) is 0 Å². The highest BCUT2D eigenvalue weighted by atomic mass is 127. The van der Waals surface area contributed by atoms with Gasteiger partial charge in [0, 0.05) is 6.54 Å². The predicted molar refractivity (Wildman–Crippen MR) is 76.0 cm³/mol. The van der Waals surface area contributed by atoms with E-state index in [1.165, 1.54) is 2.88 Å². The van der Waals surface area contributed by atoms with Gasteiger partial charge < -0.3 is 5.73 Å². The zero-order chi connectivity index (χ0) is 11.7. The first-order valence-electron chi connectivity index (χ1n) is 4.84. The summed E-state index contributed by atoms with van der Waals surface area (Å²) in [5, 5.41) is 6.89. The van der Waals surface area contributed by atoms with Crippen LogP contribution in [0.2, 0.25) is 5.02 Å². The third-order valence-electron chi connectivity index (χ3n) is 2.37. The summed E-state index contributed by atoms with van der Waals surface area (Å²) < 4.78 is 3.07. The van der Waals surface area contributed by atoms with Crippen LogP contribution < -0.4 is 5.73 Å². The molecule has 6 heteroatoms. The summed E-state index contributed by atoms with van der Waals surface area (Å²) in [4.78, 5) is 0. The second-order valence-corrected chi connectivity index (χ2v) is 6.57. The third kappa shape index (κ3) is 2.27. The molecule has 0 fully saturated rings. The molecule has 0 saturated carbocycles. The van der Waals surface area contributed by atoms with Crippen molar-refractivity contribution in [3.8, 4) is 0 Å². The molecule has 0 aliphatic rings. The maximum atomic E-state index is 6.21. The molecular weight excluding hydrogens is 357 g/mol. The summed E-state index contributed by atoms with van der Waals surface area (Å²) >= 11 is 10.1. The number of rotatable bonds is 3. The van der Waals surface area contributed by atoms with E-state index < -0.39 is 0 Å². The SMILES string of the molecule is CCn1ncc(Cl)c1C(N)c1csc(I)c1. The zero-order valence-electron chi connectivity index (χ0n) is 8.65. The van der Waals surface area contributed by atoms with E-state index in [2.05, 4.69) is 39.1 Å². The van der Waals surface area contributed by atoms with Crippen LogP contribution >= 0.6 is 45.5 Å². The minimum atomic E-state index is -0.199. The Kier molecular flexibility index (Phi) is 3.89. The summed E-state index contributed by atoms with van der Waals surface area (Å²) in [5.41, 5.74) is 8.19. The number of aryl methyl sites for hydroxylation is 1. The van der Waals surface area contributed by atoms with Gasteiger partial charge in [0.05, 0.1) is 25.8 Å².